The summed E-state index contributed by atoms with van der Waals surface area (Å²) >= 11 is 0. The maximum absolute atomic E-state index is 12.4. The molecule has 2 N–H and O–H groups in total. The number of fused-ring (bicyclic) bond motifs is 2. The summed E-state index contributed by atoms with van der Waals surface area (Å²) in [5.41, 5.74) is 8.62. The molecule has 1 aliphatic heterocycles. The van der Waals surface area contributed by atoms with E-state index >= 15 is 0 Å². The highest BCUT2D eigenvalue weighted by molar-refractivity contribution is 5.96. The number of aromatic nitrogens is 3. The smallest absolute Gasteiger partial charge is 0.350 e. The van der Waals surface area contributed by atoms with Gasteiger partial charge < -0.3 is 10.6 Å². The maximum Gasteiger partial charge on any atom is 0.350 e. The number of anilines is 1. The van der Waals surface area contributed by atoms with Gasteiger partial charge in [-0.25, -0.2) is 9.48 Å². The van der Waals surface area contributed by atoms with Crippen molar-refractivity contribution in [1.82, 2.24) is 14.2 Å². The molecule has 2 aromatic heterocycles. The molecule has 4 rings (SSSR count). The summed E-state index contributed by atoms with van der Waals surface area (Å²) in [4.78, 5) is 26.2. The molecule has 7 heteroatoms. The molecule has 128 valence electrons. The Bertz CT molecular complexity index is 1000. The van der Waals surface area contributed by atoms with Crippen LogP contribution in [0, 0.1) is 0 Å². The number of pyridine rings is 1. The van der Waals surface area contributed by atoms with Crippen LogP contribution < -0.4 is 16.3 Å². The van der Waals surface area contributed by atoms with E-state index in [4.69, 9.17) is 5.73 Å². The number of benzene rings is 1. The zero-order valence-corrected chi connectivity index (χ0v) is 13.8. The van der Waals surface area contributed by atoms with Gasteiger partial charge in [0.1, 0.15) is 0 Å². The lowest BCUT2D eigenvalue weighted by molar-refractivity contribution is 0.0999. The van der Waals surface area contributed by atoms with Crippen molar-refractivity contribution in [2.45, 2.75) is 19.4 Å². The Hall–Kier alpha value is -3.09. The fraction of sp³-hybridized carbons (Fsp3) is 0.278. The molecule has 7 nitrogen and oxygen atoms in total. The number of primary amides is 1. The first kappa shape index (κ1) is 15.4. The van der Waals surface area contributed by atoms with Crippen molar-refractivity contribution in [3.63, 3.8) is 0 Å². The number of carbonyl (C=O) groups excluding carboxylic acids is 1. The second kappa shape index (κ2) is 6.08. The largest absolute Gasteiger partial charge is 0.369 e. The first-order valence-corrected chi connectivity index (χ1v) is 8.36. The van der Waals surface area contributed by atoms with Gasteiger partial charge in [0, 0.05) is 30.5 Å². The second-order valence-electron chi connectivity index (χ2n) is 6.19. The zero-order valence-electron chi connectivity index (χ0n) is 13.8. The number of amides is 1. The van der Waals surface area contributed by atoms with E-state index in [1.54, 1.807) is 12.3 Å². The van der Waals surface area contributed by atoms with Crippen molar-refractivity contribution in [3.05, 3.63) is 64.2 Å². The fourth-order valence-electron chi connectivity index (χ4n) is 3.49. The highest BCUT2D eigenvalue weighted by Crippen LogP contribution is 2.29. The molecular weight excluding hydrogens is 318 g/mol. The number of nitrogens with zero attached hydrogens (tertiary/aromatic N) is 4. The lowest BCUT2D eigenvalue weighted by atomic mass is 9.96. The van der Waals surface area contributed by atoms with Crippen LogP contribution in [0.4, 0.5) is 5.69 Å². The van der Waals surface area contributed by atoms with Crippen LogP contribution in [-0.4, -0.2) is 33.2 Å². The van der Waals surface area contributed by atoms with Crippen LogP contribution in [0.3, 0.4) is 0 Å². The van der Waals surface area contributed by atoms with Crippen LogP contribution >= 0.6 is 0 Å². The Balaban J connectivity index is 1.60. The molecule has 0 saturated heterocycles. The normalized spacial score (nSPS) is 13.8. The van der Waals surface area contributed by atoms with Crippen molar-refractivity contribution in [2.75, 3.05) is 18.0 Å². The lowest BCUT2D eigenvalue weighted by Gasteiger charge is -2.32. The first-order chi connectivity index (χ1) is 12.1. The average molecular weight is 337 g/mol. The molecule has 3 aromatic rings. The number of rotatable bonds is 4. The molecule has 0 aliphatic carbocycles. The fourth-order valence-corrected chi connectivity index (χ4v) is 3.49. The number of hydrogen-bond acceptors (Lipinski definition) is 4. The summed E-state index contributed by atoms with van der Waals surface area (Å²) in [6.07, 6.45) is 3.52. The maximum atomic E-state index is 12.4. The zero-order chi connectivity index (χ0) is 17.4. The van der Waals surface area contributed by atoms with E-state index in [9.17, 15) is 9.59 Å². The van der Waals surface area contributed by atoms with E-state index in [-0.39, 0.29) is 5.69 Å². The Labute approximate surface area is 144 Å². The molecule has 1 amide bonds. The number of hydrogen-bond donors (Lipinski definition) is 1. The van der Waals surface area contributed by atoms with E-state index in [1.165, 1.54) is 9.08 Å². The van der Waals surface area contributed by atoms with Crippen LogP contribution in [0.15, 0.2) is 47.4 Å². The molecule has 0 saturated carbocycles. The third kappa shape index (κ3) is 2.67. The summed E-state index contributed by atoms with van der Waals surface area (Å²) < 4.78 is 3.02. The van der Waals surface area contributed by atoms with Crippen molar-refractivity contribution >= 4 is 17.2 Å². The van der Waals surface area contributed by atoms with Crippen molar-refractivity contribution in [1.29, 1.82) is 0 Å². The molecule has 1 aliphatic rings. The van der Waals surface area contributed by atoms with Crippen LogP contribution in [-0.2, 0) is 13.0 Å². The summed E-state index contributed by atoms with van der Waals surface area (Å²) in [7, 11) is 0. The molecule has 0 radical (unpaired) electrons. The molecule has 3 heterocycles. The highest BCUT2D eigenvalue weighted by Gasteiger charge is 2.21. The molecule has 0 atom stereocenters. The molecular formula is C18H19N5O2. The van der Waals surface area contributed by atoms with Gasteiger partial charge in [0.25, 0.3) is 0 Å². The van der Waals surface area contributed by atoms with Crippen molar-refractivity contribution in [3.8, 4) is 0 Å². The summed E-state index contributed by atoms with van der Waals surface area (Å²) in [5, 5.41) is 4.36. The minimum absolute atomic E-state index is 0.140. The minimum Gasteiger partial charge on any atom is -0.369 e. The predicted octanol–water partition coefficient (Wildman–Crippen LogP) is 1.05. The van der Waals surface area contributed by atoms with Gasteiger partial charge in [0.2, 0.25) is 5.91 Å². The van der Waals surface area contributed by atoms with Gasteiger partial charge in [0.15, 0.2) is 5.65 Å². The lowest BCUT2D eigenvalue weighted by Crippen LogP contribution is -2.35. The van der Waals surface area contributed by atoms with Gasteiger partial charge in [-0.15, -0.1) is 5.10 Å². The third-order valence-electron chi connectivity index (χ3n) is 4.68. The standard InChI is InChI=1S/C18H19N5O2/c19-17(24)14-5-3-7-15-13(14)6-4-9-21(15)11-12-23-18(25)22-10-2-1-8-16(22)20-23/h1-3,5,7-8,10H,4,6,9,11-12H2,(H2,19,24). The van der Waals surface area contributed by atoms with E-state index in [1.807, 2.05) is 30.3 Å². The average Bonchev–Trinajstić information content (AvgIpc) is 2.95. The Morgan fingerprint density at radius 1 is 1.16 bits per heavy atom. The van der Waals surface area contributed by atoms with Gasteiger partial charge in [0.05, 0.1) is 6.54 Å². The molecule has 25 heavy (non-hydrogen) atoms. The van der Waals surface area contributed by atoms with Crippen LogP contribution in [0.25, 0.3) is 5.65 Å². The Kier molecular flexibility index (Phi) is 3.76. The molecule has 0 bridgehead atoms. The minimum atomic E-state index is -0.393. The second-order valence-corrected chi connectivity index (χ2v) is 6.19. The SMILES string of the molecule is NC(=O)c1cccc2c1CCCN2CCn1nc2ccccn2c1=O. The van der Waals surface area contributed by atoms with E-state index in [2.05, 4.69) is 10.00 Å². The van der Waals surface area contributed by atoms with Crippen molar-refractivity contribution in [2.24, 2.45) is 5.73 Å². The van der Waals surface area contributed by atoms with Gasteiger partial charge >= 0.3 is 5.69 Å². The van der Waals surface area contributed by atoms with Crippen LogP contribution in [0.2, 0.25) is 0 Å². The summed E-state index contributed by atoms with van der Waals surface area (Å²) in [5.74, 6) is -0.393. The van der Waals surface area contributed by atoms with Gasteiger partial charge in [-0.2, -0.15) is 0 Å². The predicted molar refractivity (Wildman–Crippen MR) is 94.9 cm³/mol. The Morgan fingerprint density at radius 2 is 2.04 bits per heavy atom. The van der Waals surface area contributed by atoms with Crippen LogP contribution in [0.1, 0.15) is 22.3 Å². The quantitative estimate of drug-likeness (QED) is 0.771. The molecule has 0 fully saturated rings. The highest BCUT2D eigenvalue weighted by atomic mass is 16.2. The molecule has 0 unspecified atom stereocenters. The van der Waals surface area contributed by atoms with Gasteiger partial charge in [-0.3, -0.25) is 9.20 Å². The Morgan fingerprint density at radius 3 is 2.84 bits per heavy atom. The molecule has 0 spiro atoms. The number of carbonyl (C=O) groups is 1. The van der Waals surface area contributed by atoms with Gasteiger partial charge in [-0.05, 0) is 42.7 Å². The number of nitrogens with two attached hydrogens (primary N) is 1. The topological polar surface area (TPSA) is 85.6 Å². The first-order valence-electron chi connectivity index (χ1n) is 8.36. The van der Waals surface area contributed by atoms with Crippen LogP contribution in [0.5, 0.6) is 0 Å². The monoisotopic (exact) mass is 337 g/mol. The van der Waals surface area contributed by atoms with Gasteiger partial charge in [-0.1, -0.05) is 12.1 Å². The van der Waals surface area contributed by atoms with E-state index in [0.717, 1.165) is 30.6 Å². The van der Waals surface area contributed by atoms with Crippen molar-refractivity contribution < 1.29 is 4.79 Å². The third-order valence-corrected chi connectivity index (χ3v) is 4.68. The summed E-state index contributed by atoms with van der Waals surface area (Å²) in [6.45, 7) is 2.02. The summed E-state index contributed by atoms with van der Waals surface area (Å²) in [6, 6.07) is 11.1. The molecule has 1 aromatic carbocycles. The van der Waals surface area contributed by atoms with E-state index < -0.39 is 5.91 Å². The van der Waals surface area contributed by atoms with E-state index in [0.29, 0.717) is 24.3 Å².